The summed E-state index contributed by atoms with van der Waals surface area (Å²) in [6.45, 7) is 8.57. The maximum Gasteiger partial charge on any atom is 0.343 e. The Morgan fingerprint density at radius 3 is 1.93 bits per heavy atom. The third kappa shape index (κ3) is 11.3. The monoisotopic (exact) mass is 556 g/mol. The summed E-state index contributed by atoms with van der Waals surface area (Å²) in [7, 11) is 0. The largest absolute Gasteiger partial charge is 0.494 e. The van der Waals surface area contributed by atoms with Crippen LogP contribution in [-0.4, -0.2) is 24.6 Å². The average molecular weight is 557 g/mol. The minimum absolute atomic E-state index is 0.126. The molecule has 0 unspecified atom stereocenters. The highest BCUT2D eigenvalue weighted by molar-refractivity contribution is 5.92. The van der Waals surface area contributed by atoms with E-state index < -0.39 is 5.97 Å². The van der Waals surface area contributed by atoms with E-state index >= 15 is 0 Å². The summed E-state index contributed by atoms with van der Waals surface area (Å²) in [5.41, 5.74) is 2.92. The summed E-state index contributed by atoms with van der Waals surface area (Å²) in [5.74, 6) is 0.406. The minimum atomic E-state index is -0.458. The Labute approximate surface area is 245 Å². The van der Waals surface area contributed by atoms with E-state index in [0.717, 1.165) is 55.6 Å². The highest BCUT2D eigenvalue weighted by Gasteiger charge is 2.14. The van der Waals surface area contributed by atoms with Crippen molar-refractivity contribution < 1.29 is 23.8 Å². The first-order chi connectivity index (χ1) is 20.0. The van der Waals surface area contributed by atoms with Gasteiger partial charge >= 0.3 is 11.9 Å². The zero-order valence-electron chi connectivity index (χ0n) is 24.6. The van der Waals surface area contributed by atoms with E-state index in [1.165, 1.54) is 32.1 Å². The lowest BCUT2D eigenvalue weighted by Gasteiger charge is -2.13. The van der Waals surface area contributed by atoms with Crippen LogP contribution >= 0.6 is 0 Å². The summed E-state index contributed by atoms with van der Waals surface area (Å²) in [4.78, 5) is 25.1. The number of ether oxygens (including phenoxy) is 3. The third-order valence-electron chi connectivity index (χ3n) is 6.95. The van der Waals surface area contributed by atoms with Crippen LogP contribution in [0.2, 0.25) is 0 Å². The fourth-order valence-corrected chi connectivity index (χ4v) is 4.47. The number of esters is 2. The maximum absolute atomic E-state index is 12.7. The van der Waals surface area contributed by atoms with Gasteiger partial charge in [-0.1, -0.05) is 69.4 Å². The van der Waals surface area contributed by atoms with Crippen LogP contribution < -0.4 is 9.47 Å². The van der Waals surface area contributed by atoms with Gasteiger partial charge in [-0.3, -0.25) is 0 Å². The average Bonchev–Trinajstić information content (AvgIpc) is 2.99. The quantitative estimate of drug-likeness (QED) is 0.0675. The number of hydrogen-bond acceptors (Lipinski definition) is 5. The van der Waals surface area contributed by atoms with Crippen molar-refractivity contribution in [2.75, 3.05) is 6.61 Å². The summed E-state index contributed by atoms with van der Waals surface area (Å²) in [5, 5.41) is 0. The Balaban J connectivity index is 1.44. The van der Waals surface area contributed by atoms with Crippen LogP contribution in [0.15, 0.2) is 85.5 Å². The molecule has 0 saturated carbocycles. The zero-order chi connectivity index (χ0) is 29.3. The van der Waals surface area contributed by atoms with Gasteiger partial charge in [-0.05, 0) is 98.7 Å². The van der Waals surface area contributed by atoms with Gasteiger partial charge in [0.2, 0.25) is 0 Å². The number of allylic oxidation sites excluding steroid dienone is 1. The predicted molar refractivity (Wildman–Crippen MR) is 166 cm³/mol. The first-order valence-electron chi connectivity index (χ1n) is 15.0. The van der Waals surface area contributed by atoms with Crippen molar-refractivity contribution >= 4 is 11.9 Å². The normalized spacial score (nSPS) is 11.5. The molecular formula is C36H44O5. The van der Waals surface area contributed by atoms with Gasteiger partial charge in [0.1, 0.15) is 11.5 Å². The van der Waals surface area contributed by atoms with Crippen LogP contribution in [0.1, 0.15) is 98.8 Å². The fraction of sp³-hybridized carbons (Fsp3) is 0.389. The van der Waals surface area contributed by atoms with Crippen molar-refractivity contribution in [1.82, 2.24) is 0 Å². The first kappa shape index (κ1) is 31.7. The standard InChI is InChI=1S/C36H44O5/c1-4-6-8-10-11-13-27-39-33-23-19-30(20-24-33)29-15-17-31(18-16-29)36(38)41-34-25-21-32(22-26-34)35(37)40-28(3)14-12-9-7-5-2/h4,15-26,28H,1,5-14,27H2,2-3H3/t28-/m0/s1. The highest BCUT2D eigenvalue weighted by Crippen LogP contribution is 2.24. The summed E-state index contributed by atoms with van der Waals surface area (Å²) in [6.07, 6.45) is 13.0. The molecule has 0 aliphatic carbocycles. The topological polar surface area (TPSA) is 61.8 Å². The molecular weight excluding hydrogens is 512 g/mol. The molecule has 0 heterocycles. The van der Waals surface area contributed by atoms with Crippen LogP contribution in [0.3, 0.4) is 0 Å². The summed E-state index contributed by atoms with van der Waals surface area (Å²) in [6, 6.07) is 21.8. The molecule has 5 nitrogen and oxygen atoms in total. The number of rotatable bonds is 18. The van der Waals surface area contributed by atoms with Crippen LogP contribution in [0.4, 0.5) is 0 Å². The van der Waals surface area contributed by atoms with E-state index in [0.29, 0.717) is 16.9 Å². The molecule has 41 heavy (non-hydrogen) atoms. The van der Waals surface area contributed by atoms with Gasteiger partial charge in [-0.25, -0.2) is 9.59 Å². The Kier molecular flexibility index (Phi) is 13.7. The van der Waals surface area contributed by atoms with Gasteiger partial charge in [-0.2, -0.15) is 0 Å². The first-order valence-corrected chi connectivity index (χ1v) is 15.0. The van der Waals surface area contributed by atoms with Gasteiger partial charge in [0.15, 0.2) is 0 Å². The molecule has 0 bridgehead atoms. The Bertz CT molecular complexity index is 1200. The SMILES string of the molecule is C=CCCCCCCOc1ccc(-c2ccc(C(=O)Oc3ccc(C(=O)O[C@@H](C)CCCCCC)cc3)cc2)cc1. The van der Waals surface area contributed by atoms with E-state index in [2.05, 4.69) is 13.5 Å². The summed E-state index contributed by atoms with van der Waals surface area (Å²) < 4.78 is 16.9. The molecule has 0 saturated heterocycles. The van der Waals surface area contributed by atoms with Crippen LogP contribution in [0.25, 0.3) is 11.1 Å². The molecule has 0 spiro atoms. The Morgan fingerprint density at radius 2 is 1.27 bits per heavy atom. The number of carbonyl (C=O) groups is 2. The van der Waals surface area contributed by atoms with Crippen LogP contribution in [-0.2, 0) is 4.74 Å². The van der Waals surface area contributed by atoms with Crippen LogP contribution in [0.5, 0.6) is 11.5 Å². The second-order valence-corrected chi connectivity index (χ2v) is 10.4. The summed E-state index contributed by atoms with van der Waals surface area (Å²) >= 11 is 0. The molecule has 0 aromatic heterocycles. The van der Waals surface area contributed by atoms with Gasteiger partial charge in [0.25, 0.3) is 0 Å². The second kappa shape index (κ2) is 17.8. The van der Waals surface area contributed by atoms with E-state index in [4.69, 9.17) is 14.2 Å². The van der Waals surface area contributed by atoms with Crippen molar-refractivity contribution in [3.8, 4) is 22.6 Å². The van der Waals surface area contributed by atoms with E-state index in [-0.39, 0.29) is 12.1 Å². The molecule has 0 radical (unpaired) electrons. The molecule has 1 atom stereocenters. The molecule has 3 rings (SSSR count). The minimum Gasteiger partial charge on any atom is -0.494 e. The molecule has 218 valence electrons. The molecule has 0 aliphatic heterocycles. The lowest BCUT2D eigenvalue weighted by atomic mass is 10.0. The van der Waals surface area contributed by atoms with E-state index in [1.807, 2.05) is 49.4 Å². The lowest BCUT2D eigenvalue weighted by molar-refractivity contribution is 0.0319. The van der Waals surface area contributed by atoms with E-state index in [1.54, 1.807) is 36.4 Å². The van der Waals surface area contributed by atoms with Crippen LogP contribution in [0, 0.1) is 0 Å². The third-order valence-corrected chi connectivity index (χ3v) is 6.95. The van der Waals surface area contributed by atoms with Crippen molar-refractivity contribution in [3.63, 3.8) is 0 Å². The predicted octanol–water partition coefficient (Wildman–Crippen LogP) is 9.60. The van der Waals surface area contributed by atoms with Crippen molar-refractivity contribution in [1.29, 1.82) is 0 Å². The molecule has 0 fully saturated rings. The lowest BCUT2D eigenvalue weighted by Crippen LogP contribution is -2.15. The van der Waals surface area contributed by atoms with Gasteiger partial charge in [0, 0.05) is 0 Å². The van der Waals surface area contributed by atoms with Gasteiger partial charge < -0.3 is 14.2 Å². The zero-order valence-corrected chi connectivity index (χ0v) is 24.6. The molecule has 3 aromatic carbocycles. The maximum atomic E-state index is 12.7. The van der Waals surface area contributed by atoms with Gasteiger partial charge in [0.05, 0.1) is 23.8 Å². The van der Waals surface area contributed by atoms with Crippen molar-refractivity contribution in [2.45, 2.75) is 84.2 Å². The smallest absolute Gasteiger partial charge is 0.343 e. The van der Waals surface area contributed by atoms with Crippen molar-refractivity contribution in [2.24, 2.45) is 0 Å². The number of benzene rings is 3. The fourth-order valence-electron chi connectivity index (χ4n) is 4.47. The molecule has 3 aromatic rings. The van der Waals surface area contributed by atoms with Crippen molar-refractivity contribution in [3.05, 3.63) is 96.6 Å². The number of hydrogen-bond donors (Lipinski definition) is 0. The Morgan fingerprint density at radius 1 is 0.707 bits per heavy atom. The highest BCUT2D eigenvalue weighted by atomic mass is 16.5. The molecule has 0 amide bonds. The number of unbranched alkanes of at least 4 members (excludes halogenated alkanes) is 7. The Hall–Kier alpha value is -3.86. The van der Waals surface area contributed by atoms with E-state index in [9.17, 15) is 9.59 Å². The second-order valence-electron chi connectivity index (χ2n) is 10.4. The number of carbonyl (C=O) groups excluding carboxylic acids is 2. The van der Waals surface area contributed by atoms with Gasteiger partial charge in [-0.15, -0.1) is 6.58 Å². The molecule has 0 N–H and O–H groups in total. The molecule has 0 aliphatic rings. The molecule has 5 heteroatoms.